The summed E-state index contributed by atoms with van der Waals surface area (Å²) in [6, 6.07) is 12.3. The summed E-state index contributed by atoms with van der Waals surface area (Å²) in [4.78, 5) is 15.0. The first-order valence-electron chi connectivity index (χ1n) is 7.01. The maximum absolute atomic E-state index is 12.6. The molecule has 0 aliphatic rings. The first-order chi connectivity index (χ1) is 11.8. The van der Waals surface area contributed by atoms with Gasteiger partial charge in [0, 0.05) is 11.1 Å². The maximum atomic E-state index is 12.6. The lowest BCUT2D eigenvalue weighted by molar-refractivity contribution is -0.274. The van der Waals surface area contributed by atoms with Crippen LogP contribution in [0.2, 0.25) is 0 Å². The van der Waals surface area contributed by atoms with Crippen molar-refractivity contribution in [3.8, 4) is 28.3 Å². The molecule has 0 fully saturated rings. The number of hydrogen-bond acceptors (Lipinski definition) is 4. The Morgan fingerprint density at radius 1 is 1.08 bits per heavy atom. The van der Waals surface area contributed by atoms with Crippen molar-refractivity contribution in [1.82, 2.24) is 15.2 Å². The van der Waals surface area contributed by atoms with Crippen LogP contribution in [0.5, 0.6) is 5.75 Å². The molecule has 128 valence electrons. The molecule has 0 spiro atoms. The SMILES string of the molecule is NC(=O)c1nc(-c2cccc(-c3ccccc3OC(F)(F)F)c2)n[nH]1. The van der Waals surface area contributed by atoms with Gasteiger partial charge in [-0.2, -0.15) is 5.10 Å². The van der Waals surface area contributed by atoms with Crippen LogP contribution in [0.1, 0.15) is 10.6 Å². The third-order valence-electron chi connectivity index (χ3n) is 3.26. The average molecular weight is 348 g/mol. The summed E-state index contributed by atoms with van der Waals surface area (Å²) in [5.74, 6) is -0.995. The summed E-state index contributed by atoms with van der Waals surface area (Å²) < 4.78 is 41.8. The largest absolute Gasteiger partial charge is 0.573 e. The van der Waals surface area contributed by atoms with Crippen LogP contribution in [-0.4, -0.2) is 27.5 Å². The third-order valence-corrected chi connectivity index (χ3v) is 3.26. The van der Waals surface area contributed by atoms with Gasteiger partial charge in [-0.05, 0) is 17.7 Å². The average Bonchev–Trinajstić information content (AvgIpc) is 3.04. The van der Waals surface area contributed by atoms with E-state index in [1.165, 1.54) is 18.2 Å². The molecule has 3 rings (SSSR count). The van der Waals surface area contributed by atoms with Crippen molar-refractivity contribution in [2.45, 2.75) is 6.36 Å². The van der Waals surface area contributed by atoms with E-state index in [1.807, 2.05) is 0 Å². The van der Waals surface area contributed by atoms with Crippen molar-refractivity contribution >= 4 is 5.91 Å². The lowest BCUT2D eigenvalue weighted by Crippen LogP contribution is -2.17. The molecule has 9 heteroatoms. The number of halogens is 3. The van der Waals surface area contributed by atoms with Crippen LogP contribution in [0, 0.1) is 0 Å². The van der Waals surface area contributed by atoms with Crippen LogP contribution in [0.15, 0.2) is 48.5 Å². The Bertz CT molecular complexity index is 921. The van der Waals surface area contributed by atoms with E-state index in [-0.39, 0.29) is 23.0 Å². The van der Waals surface area contributed by atoms with Gasteiger partial charge >= 0.3 is 6.36 Å². The van der Waals surface area contributed by atoms with Crippen molar-refractivity contribution in [3.05, 3.63) is 54.4 Å². The number of aromatic nitrogens is 3. The van der Waals surface area contributed by atoms with E-state index < -0.39 is 12.3 Å². The smallest absolute Gasteiger partial charge is 0.405 e. The third kappa shape index (κ3) is 3.77. The molecule has 0 unspecified atom stereocenters. The fraction of sp³-hybridized carbons (Fsp3) is 0.0625. The molecular weight excluding hydrogens is 337 g/mol. The molecule has 0 saturated carbocycles. The highest BCUT2D eigenvalue weighted by molar-refractivity contribution is 5.89. The van der Waals surface area contributed by atoms with Gasteiger partial charge < -0.3 is 10.5 Å². The lowest BCUT2D eigenvalue weighted by Gasteiger charge is -2.13. The number of H-pyrrole nitrogens is 1. The van der Waals surface area contributed by atoms with Crippen LogP contribution >= 0.6 is 0 Å². The second-order valence-corrected chi connectivity index (χ2v) is 5.00. The van der Waals surface area contributed by atoms with Crippen LogP contribution in [0.3, 0.4) is 0 Å². The quantitative estimate of drug-likeness (QED) is 0.757. The number of aromatic amines is 1. The predicted octanol–water partition coefficient (Wildman–Crippen LogP) is 3.14. The highest BCUT2D eigenvalue weighted by Gasteiger charge is 2.32. The number of rotatable bonds is 4. The number of nitrogens with zero attached hydrogens (tertiary/aromatic N) is 2. The van der Waals surface area contributed by atoms with Gasteiger partial charge in [0.1, 0.15) is 5.75 Å². The van der Waals surface area contributed by atoms with Crippen LogP contribution in [0.4, 0.5) is 13.2 Å². The zero-order chi connectivity index (χ0) is 18.0. The highest BCUT2D eigenvalue weighted by atomic mass is 19.4. The summed E-state index contributed by atoms with van der Waals surface area (Å²) >= 11 is 0. The highest BCUT2D eigenvalue weighted by Crippen LogP contribution is 2.34. The van der Waals surface area contributed by atoms with Crippen LogP contribution < -0.4 is 10.5 Å². The Kier molecular flexibility index (Phi) is 4.14. The Morgan fingerprint density at radius 2 is 1.80 bits per heavy atom. The number of nitrogens with one attached hydrogen (secondary N) is 1. The second-order valence-electron chi connectivity index (χ2n) is 5.00. The van der Waals surface area contributed by atoms with Gasteiger partial charge in [0.05, 0.1) is 0 Å². The van der Waals surface area contributed by atoms with E-state index in [0.717, 1.165) is 0 Å². The normalized spacial score (nSPS) is 11.3. The number of amides is 1. The first kappa shape index (κ1) is 16.5. The summed E-state index contributed by atoms with van der Waals surface area (Å²) in [6.45, 7) is 0. The number of para-hydroxylation sites is 1. The van der Waals surface area contributed by atoms with Crippen molar-refractivity contribution in [1.29, 1.82) is 0 Å². The molecule has 6 nitrogen and oxygen atoms in total. The van der Waals surface area contributed by atoms with E-state index in [1.54, 1.807) is 30.3 Å². The van der Waals surface area contributed by atoms with Gasteiger partial charge in [-0.1, -0.05) is 36.4 Å². The predicted molar refractivity (Wildman–Crippen MR) is 82.5 cm³/mol. The second kappa shape index (κ2) is 6.27. The molecule has 3 aromatic rings. The zero-order valence-corrected chi connectivity index (χ0v) is 12.5. The van der Waals surface area contributed by atoms with Crippen molar-refractivity contribution < 1.29 is 22.7 Å². The van der Waals surface area contributed by atoms with Gasteiger partial charge in [-0.3, -0.25) is 9.89 Å². The molecule has 25 heavy (non-hydrogen) atoms. The van der Waals surface area contributed by atoms with Crippen molar-refractivity contribution in [2.75, 3.05) is 0 Å². The Labute approximate surface area is 139 Å². The molecule has 0 bridgehead atoms. The summed E-state index contributed by atoms with van der Waals surface area (Å²) in [5.41, 5.74) is 6.34. The molecule has 0 aliphatic carbocycles. The van der Waals surface area contributed by atoms with Crippen molar-refractivity contribution in [2.24, 2.45) is 5.73 Å². The Balaban J connectivity index is 2.01. The van der Waals surface area contributed by atoms with Gasteiger partial charge in [0.25, 0.3) is 5.91 Å². The number of ether oxygens (including phenoxy) is 1. The molecule has 0 atom stereocenters. The molecule has 1 amide bonds. The van der Waals surface area contributed by atoms with Gasteiger partial charge in [0.15, 0.2) is 5.82 Å². The van der Waals surface area contributed by atoms with Crippen LogP contribution in [0.25, 0.3) is 22.5 Å². The molecule has 0 saturated heterocycles. The zero-order valence-electron chi connectivity index (χ0n) is 12.5. The fourth-order valence-electron chi connectivity index (χ4n) is 2.25. The minimum atomic E-state index is -4.80. The number of alkyl halides is 3. The minimum absolute atomic E-state index is 0.110. The Hall–Kier alpha value is -3.36. The van der Waals surface area contributed by atoms with E-state index in [9.17, 15) is 18.0 Å². The summed E-state index contributed by atoms with van der Waals surface area (Å²) in [5, 5.41) is 6.27. The minimum Gasteiger partial charge on any atom is -0.405 e. The van der Waals surface area contributed by atoms with E-state index in [0.29, 0.717) is 11.1 Å². The number of nitrogens with two attached hydrogens (primary N) is 1. The summed E-state index contributed by atoms with van der Waals surface area (Å²) in [6.07, 6.45) is -4.80. The number of carbonyl (C=O) groups excluding carboxylic acids is 1. The number of hydrogen-bond donors (Lipinski definition) is 2. The molecule has 1 heterocycles. The number of primary amides is 1. The molecule has 0 aliphatic heterocycles. The topological polar surface area (TPSA) is 93.9 Å². The van der Waals surface area contributed by atoms with Crippen LogP contribution in [-0.2, 0) is 0 Å². The molecule has 3 N–H and O–H groups in total. The van der Waals surface area contributed by atoms with E-state index in [4.69, 9.17) is 5.73 Å². The molecule has 0 radical (unpaired) electrons. The van der Waals surface area contributed by atoms with E-state index >= 15 is 0 Å². The Morgan fingerprint density at radius 3 is 2.48 bits per heavy atom. The molecular formula is C16H11F3N4O2. The van der Waals surface area contributed by atoms with Gasteiger partial charge in [-0.15, -0.1) is 13.2 Å². The number of carbonyl (C=O) groups is 1. The van der Waals surface area contributed by atoms with Gasteiger partial charge in [-0.25, -0.2) is 4.98 Å². The first-order valence-corrected chi connectivity index (χ1v) is 7.01. The number of benzene rings is 2. The maximum Gasteiger partial charge on any atom is 0.573 e. The van der Waals surface area contributed by atoms with E-state index in [2.05, 4.69) is 19.9 Å². The lowest BCUT2D eigenvalue weighted by atomic mass is 10.0. The molecule has 2 aromatic carbocycles. The monoisotopic (exact) mass is 348 g/mol. The fourth-order valence-corrected chi connectivity index (χ4v) is 2.25. The molecule has 1 aromatic heterocycles. The summed E-state index contributed by atoms with van der Waals surface area (Å²) in [7, 11) is 0. The van der Waals surface area contributed by atoms with Crippen molar-refractivity contribution in [3.63, 3.8) is 0 Å². The van der Waals surface area contributed by atoms with Gasteiger partial charge in [0.2, 0.25) is 5.82 Å². The standard InChI is InChI=1S/C16H11F3N4O2/c17-16(18,19)25-12-7-2-1-6-11(12)9-4-3-5-10(8-9)14-21-15(13(20)24)23-22-14/h1-8H,(H2,20,24)(H,21,22,23).